The van der Waals surface area contributed by atoms with Gasteiger partial charge in [-0.1, -0.05) is 6.92 Å². The van der Waals surface area contributed by atoms with Crippen molar-refractivity contribution in [2.45, 2.75) is 26.2 Å². The van der Waals surface area contributed by atoms with E-state index in [2.05, 4.69) is 24.2 Å². The largest absolute Gasteiger partial charge is 0.272 e. The van der Waals surface area contributed by atoms with Gasteiger partial charge in [-0.25, -0.2) is 0 Å². The van der Waals surface area contributed by atoms with Crippen LogP contribution < -0.4 is 0 Å². The van der Waals surface area contributed by atoms with E-state index >= 15 is 0 Å². The molecule has 0 aliphatic carbocycles. The first-order valence-electron chi connectivity index (χ1n) is 4.16. The number of nitrogens with zero attached hydrogens (tertiary/aromatic N) is 3. The Hall–Kier alpha value is -1.30. The lowest BCUT2D eigenvalue weighted by atomic mass is 10.2. The van der Waals surface area contributed by atoms with Gasteiger partial charge >= 0.3 is 0 Å². The maximum atomic E-state index is 8.40. The molecule has 1 rings (SSSR count). The molecule has 3 heteroatoms. The maximum Gasteiger partial charge on any atom is 0.0625 e. The molecule has 0 radical (unpaired) electrons. The second kappa shape index (κ2) is 3.91. The van der Waals surface area contributed by atoms with Crippen LogP contribution >= 0.6 is 0 Å². The molecule has 0 aliphatic rings. The number of aromatic nitrogens is 2. The van der Waals surface area contributed by atoms with Gasteiger partial charge in [-0.05, 0) is 12.5 Å². The molecule has 1 heterocycles. The molecule has 3 nitrogen and oxygen atoms in total. The Morgan fingerprint density at radius 3 is 2.92 bits per heavy atom. The fraction of sp³-hybridized carbons (Fsp3) is 0.556. The Labute approximate surface area is 72.6 Å². The number of rotatable bonds is 3. The second-order valence-electron chi connectivity index (χ2n) is 2.76. The van der Waals surface area contributed by atoms with Crippen LogP contribution in [0.2, 0.25) is 0 Å². The van der Waals surface area contributed by atoms with Gasteiger partial charge in [0.1, 0.15) is 0 Å². The Balaban J connectivity index is 2.72. The van der Waals surface area contributed by atoms with Crippen molar-refractivity contribution in [3.05, 3.63) is 17.5 Å². The zero-order chi connectivity index (χ0) is 8.97. The van der Waals surface area contributed by atoms with Gasteiger partial charge in [0.15, 0.2) is 0 Å². The quantitative estimate of drug-likeness (QED) is 0.676. The van der Waals surface area contributed by atoms with E-state index in [0.29, 0.717) is 6.42 Å². The van der Waals surface area contributed by atoms with E-state index in [4.69, 9.17) is 5.26 Å². The lowest BCUT2D eigenvalue weighted by Gasteiger charge is -1.95. The molecule has 0 spiro atoms. The lowest BCUT2D eigenvalue weighted by molar-refractivity contribution is 0.696. The summed E-state index contributed by atoms with van der Waals surface area (Å²) in [7, 11) is 1.92. The van der Waals surface area contributed by atoms with Gasteiger partial charge in [-0.15, -0.1) is 0 Å². The summed E-state index contributed by atoms with van der Waals surface area (Å²) in [5, 5.41) is 12.7. The molecule has 0 unspecified atom stereocenters. The van der Waals surface area contributed by atoms with Crippen molar-refractivity contribution in [3.63, 3.8) is 0 Å². The van der Waals surface area contributed by atoms with Crippen molar-refractivity contribution >= 4 is 0 Å². The molecule has 1 aromatic rings. The third-order valence-electron chi connectivity index (χ3n) is 1.88. The van der Waals surface area contributed by atoms with E-state index in [9.17, 15) is 0 Å². The maximum absolute atomic E-state index is 8.40. The van der Waals surface area contributed by atoms with Crippen LogP contribution in [0.15, 0.2) is 6.07 Å². The van der Waals surface area contributed by atoms with Crippen LogP contribution in [-0.4, -0.2) is 9.78 Å². The number of hydrogen-bond donors (Lipinski definition) is 0. The van der Waals surface area contributed by atoms with Gasteiger partial charge in [0.2, 0.25) is 0 Å². The highest BCUT2D eigenvalue weighted by atomic mass is 15.3. The molecule has 0 bridgehead atoms. The average molecular weight is 163 g/mol. The minimum absolute atomic E-state index is 0.572. The SMILES string of the molecule is CCc1cc(CCC#N)n(C)n1. The molecule has 0 N–H and O–H groups in total. The van der Waals surface area contributed by atoms with Gasteiger partial charge in [-0.2, -0.15) is 10.4 Å². The Bertz CT molecular complexity index is 293. The van der Waals surface area contributed by atoms with Crippen molar-refractivity contribution in [2.75, 3.05) is 0 Å². The Morgan fingerprint density at radius 1 is 1.67 bits per heavy atom. The van der Waals surface area contributed by atoms with Crippen LogP contribution in [0.4, 0.5) is 0 Å². The summed E-state index contributed by atoms with van der Waals surface area (Å²) in [5.41, 5.74) is 2.25. The van der Waals surface area contributed by atoms with Gasteiger partial charge < -0.3 is 0 Å². The Kier molecular flexibility index (Phi) is 2.87. The molecular weight excluding hydrogens is 150 g/mol. The van der Waals surface area contributed by atoms with Crippen LogP contribution in [0.1, 0.15) is 24.7 Å². The highest BCUT2D eigenvalue weighted by Crippen LogP contribution is 2.05. The zero-order valence-electron chi connectivity index (χ0n) is 7.54. The molecule has 0 saturated heterocycles. The average Bonchev–Trinajstić information content (AvgIpc) is 2.43. The molecule has 64 valence electrons. The first-order valence-corrected chi connectivity index (χ1v) is 4.16. The van der Waals surface area contributed by atoms with Crippen LogP contribution in [0, 0.1) is 11.3 Å². The molecule has 12 heavy (non-hydrogen) atoms. The Morgan fingerprint density at radius 2 is 2.42 bits per heavy atom. The number of aryl methyl sites for hydroxylation is 3. The third kappa shape index (κ3) is 1.85. The summed E-state index contributed by atoms with van der Waals surface area (Å²) in [6, 6.07) is 4.20. The highest BCUT2D eigenvalue weighted by molar-refractivity contribution is 5.10. The number of hydrogen-bond acceptors (Lipinski definition) is 2. The van der Waals surface area contributed by atoms with Crippen molar-refractivity contribution in [1.82, 2.24) is 9.78 Å². The smallest absolute Gasteiger partial charge is 0.0625 e. The minimum Gasteiger partial charge on any atom is -0.272 e. The molecule has 0 fully saturated rings. The van der Waals surface area contributed by atoms with Gasteiger partial charge in [0, 0.05) is 25.6 Å². The monoisotopic (exact) mass is 163 g/mol. The summed E-state index contributed by atoms with van der Waals surface area (Å²) in [5.74, 6) is 0. The number of nitriles is 1. The normalized spacial score (nSPS) is 9.75. The molecule has 0 amide bonds. The van der Waals surface area contributed by atoms with E-state index in [1.807, 2.05) is 11.7 Å². The van der Waals surface area contributed by atoms with Crippen molar-refractivity contribution < 1.29 is 0 Å². The van der Waals surface area contributed by atoms with E-state index < -0.39 is 0 Å². The van der Waals surface area contributed by atoms with Gasteiger partial charge in [-0.3, -0.25) is 4.68 Å². The fourth-order valence-electron chi connectivity index (χ4n) is 1.16. The summed E-state index contributed by atoms with van der Waals surface area (Å²) >= 11 is 0. The lowest BCUT2D eigenvalue weighted by Crippen LogP contribution is -1.97. The van der Waals surface area contributed by atoms with Crippen molar-refractivity contribution in [3.8, 4) is 6.07 Å². The topological polar surface area (TPSA) is 41.6 Å². The molecule has 0 aliphatic heterocycles. The third-order valence-corrected chi connectivity index (χ3v) is 1.88. The highest BCUT2D eigenvalue weighted by Gasteiger charge is 2.02. The van der Waals surface area contributed by atoms with Crippen LogP contribution in [0.25, 0.3) is 0 Å². The van der Waals surface area contributed by atoms with E-state index in [-0.39, 0.29) is 0 Å². The summed E-state index contributed by atoms with van der Waals surface area (Å²) in [6.07, 6.45) is 2.34. The summed E-state index contributed by atoms with van der Waals surface area (Å²) < 4.78 is 1.86. The summed E-state index contributed by atoms with van der Waals surface area (Å²) in [4.78, 5) is 0. The van der Waals surface area contributed by atoms with Crippen LogP contribution in [0.3, 0.4) is 0 Å². The fourth-order valence-corrected chi connectivity index (χ4v) is 1.16. The van der Waals surface area contributed by atoms with E-state index in [0.717, 1.165) is 24.2 Å². The molecule has 1 aromatic heterocycles. The second-order valence-corrected chi connectivity index (χ2v) is 2.76. The van der Waals surface area contributed by atoms with Gasteiger partial charge in [0.25, 0.3) is 0 Å². The minimum atomic E-state index is 0.572. The molecular formula is C9H13N3. The molecule has 0 aromatic carbocycles. The standard InChI is InChI=1S/C9H13N3/c1-3-8-7-9(5-4-6-10)12(2)11-8/h7H,3-5H2,1-2H3. The van der Waals surface area contributed by atoms with E-state index in [1.54, 1.807) is 0 Å². The summed E-state index contributed by atoms with van der Waals surface area (Å²) in [6.45, 7) is 2.08. The van der Waals surface area contributed by atoms with Crippen molar-refractivity contribution in [1.29, 1.82) is 5.26 Å². The van der Waals surface area contributed by atoms with Crippen LogP contribution in [-0.2, 0) is 19.9 Å². The predicted molar refractivity (Wildman–Crippen MR) is 46.5 cm³/mol. The van der Waals surface area contributed by atoms with Crippen LogP contribution in [0.5, 0.6) is 0 Å². The first-order chi connectivity index (χ1) is 5.77. The first kappa shape index (κ1) is 8.79. The molecule has 0 atom stereocenters. The van der Waals surface area contributed by atoms with E-state index in [1.165, 1.54) is 0 Å². The predicted octanol–water partition coefficient (Wildman–Crippen LogP) is 1.44. The molecule has 0 saturated carbocycles. The van der Waals surface area contributed by atoms with Gasteiger partial charge in [0.05, 0.1) is 11.8 Å². The zero-order valence-corrected chi connectivity index (χ0v) is 7.54. The van der Waals surface area contributed by atoms with Crippen molar-refractivity contribution in [2.24, 2.45) is 7.05 Å².